The van der Waals surface area contributed by atoms with Gasteiger partial charge in [0.25, 0.3) is 5.91 Å². The number of rotatable bonds is 3. The van der Waals surface area contributed by atoms with Gasteiger partial charge in [-0.15, -0.1) is 0 Å². The van der Waals surface area contributed by atoms with Crippen molar-refractivity contribution in [2.45, 2.75) is 11.5 Å². The van der Waals surface area contributed by atoms with Crippen LogP contribution in [0.15, 0.2) is 48.8 Å². The lowest BCUT2D eigenvalue weighted by molar-refractivity contribution is 0.0180. The average molecular weight is 349 g/mol. The highest BCUT2D eigenvalue weighted by atomic mass is 16.1. The van der Waals surface area contributed by atoms with Crippen LogP contribution in [0.4, 0.5) is 0 Å². The van der Waals surface area contributed by atoms with Crippen molar-refractivity contribution >= 4 is 5.91 Å². The monoisotopic (exact) mass is 349 g/mol. The molecule has 1 N–H and O–H groups in total. The van der Waals surface area contributed by atoms with E-state index in [1.165, 1.54) is 5.56 Å². The van der Waals surface area contributed by atoms with Crippen LogP contribution in [0.2, 0.25) is 0 Å². The van der Waals surface area contributed by atoms with Crippen molar-refractivity contribution in [2.24, 2.45) is 5.92 Å². The summed E-state index contributed by atoms with van der Waals surface area (Å²) in [7, 11) is 0. The Morgan fingerprint density at radius 3 is 2.42 bits per heavy atom. The second kappa shape index (κ2) is 6.14. The van der Waals surface area contributed by atoms with Crippen LogP contribution in [0.5, 0.6) is 0 Å². The summed E-state index contributed by atoms with van der Waals surface area (Å²) < 4.78 is 0. The van der Waals surface area contributed by atoms with E-state index in [-0.39, 0.29) is 17.4 Å². The number of hydrogen-bond acceptors (Lipinski definition) is 5. The molecule has 2 unspecified atom stereocenters. The number of carbonyl (C=O) groups excluding carboxylic acids is 1. The molecule has 26 heavy (non-hydrogen) atoms. The van der Waals surface area contributed by atoms with Gasteiger partial charge in [0.15, 0.2) is 0 Å². The number of fused-ring (bicyclic) bond motifs is 1. The molecule has 134 valence electrons. The van der Waals surface area contributed by atoms with Gasteiger partial charge in [-0.1, -0.05) is 30.3 Å². The second-order valence-corrected chi connectivity index (χ2v) is 7.83. The fraction of sp³-hybridized carbons (Fsp3) is 0.450. The van der Waals surface area contributed by atoms with E-state index in [0.717, 1.165) is 39.3 Å². The molecule has 6 nitrogen and oxygen atoms in total. The molecule has 0 aliphatic carbocycles. The normalized spacial score (nSPS) is 35.1. The molecule has 5 heterocycles. The molecule has 0 radical (unpaired) electrons. The Balaban J connectivity index is 1.53. The summed E-state index contributed by atoms with van der Waals surface area (Å²) in [4.78, 5) is 18.1. The standard InChI is InChI=1S/C20H23N5O/c26-19(15-6-7-21-22-10-15)23-18-16-11-24-8-9-25(12-16)14-20(18,13-24)17-4-2-1-3-5-17/h1-7,10,16,18H,8-9,11-14H2,(H,23,26)/t16?,18-,20?/m1/s1. The summed E-state index contributed by atoms with van der Waals surface area (Å²) in [6, 6.07) is 12.6. The molecule has 2 aromatic rings. The number of carbonyl (C=O) groups is 1. The van der Waals surface area contributed by atoms with E-state index < -0.39 is 0 Å². The quantitative estimate of drug-likeness (QED) is 0.887. The minimum absolute atomic E-state index is 0.0450. The molecule has 1 aromatic heterocycles. The topological polar surface area (TPSA) is 61.4 Å². The molecule has 4 saturated heterocycles. The number of hydrogen-bond donors (Lipinski definition) is 1. The number of benzene rings is 1. The van der Waals surface area contributed by atoms with Gasteiger partial charge in [-0.05, 0) is 11.6 Å². The lowest BCUT2D eigenvalue weighted by Gasteiger charge is -2.55. The molecule has 4 fully saturated rings. The van der Waals surface area contributed by atoms with Crippen molar-refractivity contribution in [3.8, 4) is 0 Å². The SMILES string of the molecule is O=C(N[C@@H]1C2CN3CCN(C2)CC1(c1ccccc1)C3)c1ccnnc1. The molecular weight excluding hydrogens is 326 g/mol. The van der Waals surface area contributed by atoms with Gasteiger partial charge in [0.1, 0.15) is 0 Å². The number of piperidine rings is 2. The molecule has 4 aliphatic heterocycles. The highest BCUT2D eigenvalue weighted by Gasteiger charge is 2.55. The summed E-state index contributed by atoms with van der Waals surface area (Å²) in [5, 5.41) is 11.0. The summed E-state index contributed by atoms with van der Waals surface area (Å²) in [5.41, 5.74) is 1.85. The number of amides is 1. The Morgan fingerprint density at radius 2 is 1.77 bits per heavy atom. The maximum atomic E-state index is 12.9. The number of aromatic nitrogens is 2. The Bertz CT molecular complexity index is 780. The van der Waals surface area contributed by atoms with Crippen LogP contribution in [0.1, 0.15) is 15.9 Å². The van der Waals surface area contributed by atoms with Gasteiger partial charge in [0.05, 0.1) is 18.0 Å². The summed E-state index contributed by atoms with van der Waals surface area (Å²) >= 11 is 0. The summed E-state index contributed by atoms with van der Waals surface area (Å²) in [5.74, 6) is 0.398. The fourth-order valence-electron chi connectivity index (χ4n) is 5.22. The molecular formula is C20H23N5O. The molecule has 6 heteroatoms. The van der Waals surface area contributed by atoms with Crippen LogP contribution < -0.4 is 5.32 Å². The molecule has 4 bridgehead atoms. The van der Waals surface area contributed by atoms with E-state index in [2.05, 4.69) is 55.6 Å². The van der Waals surface area contributed by atoms with Gasteiger partial charge in [-0.2, -0.15) is 10.2 Å². The van der Waals surface area contributed by atoms with Crippen LogP contribution in [-0.2, 0) is 5.41 Å². The van der Waals surface area contributed by atoms with Crippen LogP contribution in [-0.4, -0.2) is 71.2 Å². The first-order valence-corrected chi connectivity index (χ1v) is 9.32. The van der Waals surface area contributed by atoms with E-state index in [0.29, 0.717) is 11.5 Å². The first-order valence-electron chi connectivity index (χ1n) is 9.32. The lowest BCUT2D eigenvalue weighted by atomic mass is 9.64. The van der Waals surface area contributed by atoms with Crippen molar-refractivity contribution in [1.29, 1.82) is 0 Å². The Labute approximate surface area is 153 Å². The van der Waals surface area contributed by atoms with Crippen molar-refractivity contribution in [2.75, 3.05) is 39.3 Å². The van der Waals surface area contributed by atoms with Gasteiger partial charge in [-0.3, -0.25) is 4.79 Å². The number of nitrogens with zero attached hydrogens (tertiary/aromatic N) is 4. The van der Waals surface area contributed by atoms with Gasteiger partial charge >= 0.3 is 0 Å². The van der Waals surface area contributed by atoms with E-state index >= 15 is 0 Å². The van der Waals surface area contributed by atoms with Gasteiger partial charge in [0, 0.05) is 56.6 Å². The average Bonchev–Trinajstić information content (AvgIpc) is 2.94. The Kier molecular flexibility index (Phi) is 3.76. The summed E-state index contributed by atoms with van der Waals surface area (Å²) in [6.07, 6.45) is 3.11. The van der Waals surface area contributed by atoms with Gasteiger partial charge < -0.3 is 15.1 Å². The maximum Gasteiger partial charge on any atom is 0.253 e. The first-order chi connectivity index (χ1) is 12.7. The molecule has 1 amide bonds. The largest absolute Gasteiger partial charge is 0.348 e. The van der Waals surface area contributed by atoms with Crippen molar-refractivity contribution < 1.29 is 4.79 Å². The van der Waals surface area contributed by atoms with Gasteiger partial charge in [0.2, 0.25) is 0 Å². The van der Waals surface area contributed by atoms with Crippen LogP contribution >= 0.6 is 0 Å². The van der Waals surface area contributed by atoms with Crippen LogP contribution in [0.25, 0.3) is 0 Å². The third-order valence-corrected chi connectivity index (χ3v) is 6.28. The lowest BCUT2D eigenvalue weighted by Crippen LogP contribution is -2.70. The van der Waals surface area contributed by atoms with Crippen LogP contribution in [0.3, 0.4) is 0 Å². The van der Waals surface area contributed by atoms with Crippen LogP contribution in [0, 0.1) is 5.92 Å². The molecule has 0 saturated carbocycles. The van der Waals surface area contributed by atoms with E-state index in [4.69, 9.17) is 0 Å². The highest BCUT2D eigenvalue weighted by molar-refractivity contribution is 5.94. The van der Waals surface area contributed by atoms with Gasteiger partial charge in [-0.25, -0.2) is 0 Å². The van der Waals surface area contributed by atoms with Crippen molar-refractivity contribution in [1.82, 2.24) is 25.3 Å². The zero-order valence-corrected chi connectivity index (χ0v) is 14.7. The minimum Gasteiger partial charge on any atom is -0.348 e. The zero-order chi connectivity index (χ0) is 17.6. The van der Waals surface area contributed by atoms with Crippen molar-refractivity contribution in [3.63, 3.8) is 0 Å². The van der Waals surface area contributed by atoms with Crippen molar-refractivity contribution in [3.05, 3.63) is 59.9 Å². The number of nitrogens with one attached hydrogen (secondary N) is 1. The molecule has 1 aromatic carbocycles. The second-order valence-electron chi connectivity index (χ2n) is 7.83. The predicted octanol–water partition coefficient (Wildman–Crippen LogP) is 0.774. The fourth-order valence-corrected chi connectivity index (χ4v) is 5.22. The molecule has 6 rings (SSSR count). The van der Waals surface area contributed by atoms with E-state index in [1.54, 1.807) is 18.5 Å². The smallest absolute Gasteiger partial charge is 0.253 e. The predicted molar refractivity (Wildman–Crippen MR) is 97.8 cm³/mol. The molecule has 4 aliphatic rings. The Hall–Kier alpha value is -2.31. The Morgan fingerprint density at radius 1 is 1.04 bits per heavy atom. The minimum atomic E-state index is -0.0605. The molecule has 3 atom stereocenters. The summed E-state index contributed by atoms with van der Waals surface area (Å²) in [6.45, 7) is 6.38. The highest BCUT2D eigenvalue weighted by Crippen LogP contribution is 2.43. The van der Waals surface area contributed by atoms with E-state index in [9.17, 15) is 4.79 Å². The first kappa shape index (κ1) is 15.9. The third kappa shape index (κ3) is 2.52. The van der Waals surface area contributed by atoms with E-state index in [1.807, 2.05) is 0 Å². The maximum absolute atomic E-state index is 12.9. The molecule has 0 spiro atoms. The third-order valence-electron chi connectivity index (χ3n) is 6.28. The zero-order valence-electron chi connectivity index (χ0n) is 14.7.